The summed E-state index contributed by atoms with van der Waals surface area (Å²) in [5, 5.41) is 12.1. The third kappa shape index (κ3) is 1.91. The van der Waals surface area contributed by atoms with Gasteiger partial charge in [0.1, 0.15) is 0 Å². The topological polar surface area (TPSA) is 53.4 Å². The predicted molar refractivity (Wildman–Crippen MR) is 63.8 cm³/mol. The largest absolute Gasteiger partial charge is 0.481 e. The number of carboxylic acid groups (broad SMARTS) is 1. The molecule has 5 heteroatoms. The Bertz CT molecular complexity index is 364. The number of hydrogen-bond acceptors (Lipinski definition) is 4. The SMILES string of the molecule is CC(C)[C@@H]1[C@@H](C(=O)O)CCN1c1nccs1. The minimum absolute atomic E-state index is 0.0728. The second kappa shape index (κ2) is 4.41. The molecule has 2 atom stereocenters. The molecule has 4 nitrogen and oxygen atoms in total. The van der Waals surface area contributed by atoms with E-state index in [2.05, 4.69) is 23.7 Å². The van der Waals surface area contributed by atoms with Crippen LogP contribution in [0.2, 0.25) is 0 Å². The van der Waals surface area contributed by atoms with Gasteiger partial charge < -0.3 is 10.0 Å². The maximum atomic E-state index is 11.2. The third-order valence-electron chi connectivity index (χ3n) is 3.12. The molecule has 16 heavy (non-hydrogen) atoms. The van der Waals surface area contributed by atoms with E-state index in [4.69, 9.17) is 0 Å². The van der Waals surface area contributed by atoms with E-state index in [0.717, 1.165) is 18.1 Å². The molecule has 0 radical (unpaired) electrons. The van der Waals surface area contributed by atoms with Crippen LogP contribution in [-0.4, -0.2) is 28.6 Å². The summed E-state index contributed by atoms with van der Waals surface area (Å²) >= 11 is 1.58. The van der Waals surface area contributed by atoms with Gasteiger partial charge in [-0.1, -0.05) is 13.8 Å². The summed E-state index contributed by atoms with van der Waals surface area (Å²) in [5.74, 6) is -0.617. The van der Waals surface area contributed by atoms with E-state index < -0.39 is 5.97 Å². The normalized spacial score (nSPS) is 25.3. The summed E-state index contributed by atoms with van der Waals surface area (Å²) in [6.45, 7) is 4.95. The number of aromatic nitrogens is 1. The number of anilines is 1. The molecule has 1 aromatic heterocycles. The number of carboxylic acids is 1. The van der Waals surface area contributed by atoms with Gasteiger partial charge in [-0.25, -0.2) is 4.98 Å². The minimum Gasteiger partial charge on any atom is -0.481 e. The van der Waals surface area contributed by atoms with E-state index in [-0.39, 0.29) is 12.0 Å². The number of rotatable bonds is 3. The Labute approximate surface area is 98.9 Å². The first-order chi connectivity index (χ1) is 7.61. The van der Waals surface area contributed by atoms with Crippen molar-refractivity contribution in [1.29, 1.82) is 0 Å². The molecule has 1 saturated heterocycles. The van der Waals surface area contributed by atoms with Crippen molar-refractivity contribution in [2.24, 2.45) is 11.8 Å². The Hall–Kier alpha value is -1.10. The highest BCUT2D eigenvalue weighted by molar-refractivity contribution is 7.13. The summed E-state index contributed by atoms with van der Waals surface area (Å²) in [7, 11) is 0. The Morgan fingerprint density at radius 2 is 2.44 bits per heavy atom. The van der Waals surface area contributed by atoms with Crippen LogP contribution in [0.4, 0.5) is 5.13 Å². The molecule has 0 aromatic carbocycles. The highest BCUT2D eigenvalue weighted by Crippen LogP contribution is 2.34. The third-order valence-corrected chi connectivity index (χ3v) is 3.93. The highest BCUT2D eigenvalue weighted by atomic mass is 32.1. The van der Waals surface area contributed by atoms with Crippen LogP contribution < -0.4 is 4.90 Å². The monoisotopic (exact) mass is 240 g/mol. The fourth-order valence-electron chi connectivity index (χ4n) is 2.49. The van der Waals surface area contributed by atoms with Gasteiger partial charge in [0.05, 0.1) is 5.92 Å². The van der Waals surface area contributed by atoms with E-state index in [1.807, 2.05) is 5.38 Å². The van der Waals surface area contributed by atoms with Gasteiger partial charge in [-0.2, -0.15) is 0 Å². The standard InChI is InChI=1S/C11H16N2O2S/c1-7(2)9-8(10(14)15)3-5-13(9)11-12-4-6-16-11/h4,6-9H,3,5H2,1-2H3,(H,14,15)/t8-,9+/m0/s1. The fraction of sp³-hybridized carbons (Fsp3) is 0.636. The van der Waals surface area contributed by atoms with Crippen molar-refractivity contribution in [3.63, 3.8) is 0 Å². The van der Waals surface area contributed by atoms with Crippen LogP contribution in [-0.2, 0) is 4.79 Å². The molecule has 1 aromatic rings. The molecule has 88 valence electrons. The van der Waals surface area contributed by atoms with Crippen LogP contribution in [0, 0.1) is 11.8 Å². The van der Waals surface area contributed by atoms with Crippen molar-refractivity contribution >= 4 is 22.4 Å². The summed E-state index contributed by atoms with van der Waals surface area (Å²) in [4.78, 5) is 17.6. The Kier molecular flexibility index (Phi) is 3.14. The molecule has 0 amide bonds. The number of thiazole rings is 1. The van der Waals surface area contributed by atoms with Crippen LogP contribution in [0.5, 0.6) is 0 Å². The highest BCUT2D eigenvalue weighted by Gasteiger charge is 2.41. The predicted octanol–water partition coefficient (Wildman–Crippen LogP) is 2.08. The van der Waals surface area contributed by atoms with E-state index in [9.17, 15) is 9.90 Å². The quantitative estimate of drug-likeness (QED) is 0.879. The van der Waals surface area contributed by atoms with Crippen LogP contribution in [0.3, 0.4) is 0 Å². The van der Waals surface area contributed by atoms with Gasteiger partial charge >= 0.3 is 5.97 Å². The maximum Gasteiger partial charge on any atom is 0.308 e. The van der Waals surface area contributed by atoms with Crippen molar-refractivity contribution in [3.8, 4) is 0 Å². The molecule has 0 saturated carbocycles. The summed E-state index contributed by atoms with van der Waals surface area (Å²) in [6.07, 6.45) is 2.49. The van der Waals surface area contributed by atoms with Gasteiger partial charge in [-0.05, 0) is 12.3 Å². The van der Waals surface area contributed by atoms with Gasteiger partial charge in [0.25, 0.3) is 0 Å². The van der Waals surface area contributed by atoms with Crippen LogP contribution in [0.15, 0.2) is 11.6 Å². The zero-order valence-electron chi connectivity index (χ0n) is 9.46. The van der Waals surface area contributed by atoms with Crippen molar-refractivity contribution in [3.05, 3.63) is 11.6 Å². The summed E-state index contributed by atoms with van der Waals surface area (Å²) < 4.78 is 0. The molecule has 1 aliphatic rings. The summed E-state index contributed by atoms with van der Waals surface area (Å²) in [5.41, 5.74) is 0. The molecular formula is C11H16N2O2S. The molecule has 2 rings (SSSR count). The molecule has 0 spiro atoms. The lowest BCUT2D eigenvalue weighted by molar-refractivity contribution is -0.142. The maximum absolute atomic E-state index is 11.2. The second-order valence-corrected chi connectivity index (χ2v) is 5.35. The van der Waals surface area contributed by atoms with Crippen molar-refractivity contribution < 1.29 is 9.90 Å². The van der Waals surface area contributed by atoms with Crippen LogP contribution in [0.25, 0.3) is 0 Å². The Morgan fingerprint density at radius 1 is 1.69 bits per heavy atom. The van der Waals surface area contributed by atoms with E-state index in [1.54, 1.807) is 17.5 Å². The number of hydrogen-bond donors (Lipinski definition) is 1. The lowest BCUT2D eigenvalue weighted by atomic mass is 9.91. The molecule has 1 N–H and O–H groups in total. The molecule has 0 bridgehead atoms. The summed E-state index contributed by atoms with van der Waals surface area (Å²) in [6, 6.07) is 0.0728. The molecule has 1 aliphatic heterocycles. The molecule has 1 fully saturated rings. The fourth-order valence-corrected chi connectivity index (χ4v) is 3.20. The Morgan fingerprint density at radius 3 is 2.94 bits per heavy atom. The van der Waals surface area contributed by atoms with Crippen molar-refractivity contribution in [2.45, 2.75) is 26.3 Å². The minimum atomic E-state index is -0.683. The van der Waals surface area contributed by atoms with E-state index >= 15 is 0 Å². The van der Waals surface area contributed by atoms with Crippen LogP contribution >= 0.6 is 11.3 Å². The first-order valence-corrected chi connectivity index (χ1v) is 6.38. The average Bonchev–Trinajstić information content (AvgIpc) is 2.85. The smallest absolute Gasteiger partial charge is 0.308 e. The zero-order chi connectivity index (χ0) is 11.7. The first-order valence-electron chi connectivity index (χ1n) is 5.50. The van der Waals surface area contributed by atoms with E-state index in [0.29, 0.717) is 5.92 Å². The van der Waals surface area contributed by atoms with E-state index in [1.165, 1.54) is 0 Å². The number of aliphatic carboxylic acids is 1. The number of carbonyl (C=O) groups is 1. The van der Waals surface area contributed by atoms with Crippen LogP contribution in [0.1, 0.15) is 20.3 Å². The lowest BCUT2D eigenvalue weighted by Gasteiger charge is -2.29. The van der Waals surface area contributed by atoms with Gasteiger partial charge in [0.2, 0.25) is 0 Å². The molecule has 0 aliphatic carbocycles. The van der Waals surface area contributed by atoms with Gasteiger partial charge in [-0.3, -0.25) is 4.79 Å². The molecular weight excluding hydrogens is 224 g/mol. The molecule has 2 heterocycles. The molecule has 0 unspecified atom stereocenters. The Balaban J connectivity index is 2.24. The lowest BCUT2D eigenvalue weighted by Crippen LogP contribution is -2.39. The van der Waals surface area contributed by atoms with Gasteiger partial charge in [0, 0.05) is 24.2 Å². The van der Waals surface area contributed by atoms with Gasteiger partial charge in [0.15, 0.2) is 5.13 Å². The van der Waals surface area contributed by atoms with Gasteiger partial charge in [-0.15, -0.1) is 11.3 Å². The van der Waals surface area contributed by atoms with Crippen molar-refractivity contribution in [2.75, 3.05) is 11.4 Å². The number of nitrogens with zero attached hydrogens (tertiary/aromatic N) is 2. The average molecular weight is 240 g/mol. The van der Waals surface area contributed by atoms with Crippen molar-refractivity contribution in [1.82, 2.24) is 4.98 Å². The first kappa shape index (κ1) is 11.4. The second-order valence-electron chi connectivity index (χ2n) is 4.48. The zero-order valence-corrected chi connectivity index (χ0v) is 10.3.